The summed E-state index contributed by atoms with van der Waals surface area (Å²) < 4.78 is 0. The van der Waals surface area contributed by atoms with Crippen LogP contribution in [0.1, 0.15) is 217 Å². The number of aliphatic hydroxyl groups is 2. The second kappa shape index (κ2) is 64.3. The van der Waals surface area contributed by atoms with E-state index >= 15 is 0 Å². The van der Waals surface area contributed by atoms with Crippen LogP contribution >= 0.6 is 0 Å². The van der Waals surface area contributed by atoms with Gasteiger partial charge in [-0.05, 0) is 162 Å². The molecule has 0 aromatic rings. The zero-order valence-corrected chi connectivity index (χ0v) is 80.1. The molecule has 1 aliphatic heterocycles. The van der Waals surface area contributed by atoms with Gasteiger partial charge in [-0.3, -0.25) is 110 Å². The number of unbranched alkanes of at least 4 members (excludes halogenated alkanes) is 3. The fraction of sp³-hybridized carbons (Fsp3) is 0.718. The van der Waals surface area contributed by atoms with E-state index in [4.69, 9.17) is 28.0 Å². The van der Waals surface area contributed by atoms with Gasteiger partial charge in [-0.1, -0.05) is 60.8 Å². The lowest BCUT2D eigenvalue weighted by atomic mass is 9.93. The number of carbonyl (C=O) groups is 24. The van der Waals surface area contributed by atoms with Crippen LogP contribution in [-0.4, -0.2) is 342 Å². The second-order valence-electron chi connectivity index (χ2n) is 34.2. The van der Waals surface area contributed by atoms with E-state index in [0.29, 0.717) is 19.3 Å². The van der Waals surface area contributed by atoms with Gasteiger partial charge >= 0.3 is 35.8 Å². The van der Waals surface area contributed by atoms with Crippen molar-refractivity contribution in [3.05, 3.63) is 0 Å². The van der Waals surface area contributed by atoms with Crippen LogP contribution in [0.15, 0.2) is 0 Å². The number of nitrogens with one attached hydrogen (secondary N) is 17. The Balaban J connectivity index is 3.34. The van der Waals surface area contributed by atoms with Crippen LogP contribution < -0.4 is 113 Å². The molecule has 18 amide bonds. The number of likely N-dealkylation sites (tertiary alicyclic amines) is 1. The Morgan fingerprint density at radius 3 is 1.01 bits per heavy atom. The second-order valence-corrected chi connectivity index (χ2v) is 34.2. The van der Waals surface area contributed by atoms with Gasteiger partial charge in [0, 0.05) is 25.8 Å². The van der Waals surface area contributed by atoms with Crippen molar-refractivity contribution in [3.63, 3.8) is 0 Å². The highest BCUT2D eigenvalue weighted by molar-refractivity contribution is 6.02. The molecule has 0 aromatic carbocycles. The fourth-order valence-electron chi connectivity index (χ4n) is 13.8. The summed E-state index contributed by atoms with van der Waals surface area (Å²) in [5.74, 6) is -30.1. The van der Waals surface area contributed by atoms with Crippen LogP contribution in [0, 0.1) is 17.8 Å². The smallest absolute Gasteiger partial charge is 0.326 e. The molecule has 0 saturated carbocycles. The Kier molecular flexibility index (Phi) is 57.3. The summed E-state index contributed by atoms with van der Waals surface area (Å²) >= 11 is 0. The summed E-state index contributed by atoms with van der Waals surface area (Å²) in [6, 6.07) is -27.6. The number of nitrogens with zero attached hydrogens (tertiary/aromatic N) is 1. The van der Waals surface area contributed by atoms with Gasteiger partial charge < -0.3 is 159 Å². The maximum Gasteiger partial charge on any atom is 0.326 e. The maximum absolute atomic E-state index is 14.9. The van der Waals surface area contributed by atoms with E-state index in [1.807, 2.05) is 0 Å². The molecule has 1 rings (SSSR count). The molecule has 1 aliphatic rings. The van der Waals surface area contributed by atoms with Crippen molar-refractivity contribution < 1.29 is 156 Å². The van der Waals surface area contributed by atoms with E-state index < -0.39 is 339 Å². The van der Waals surface area contributed by atoms with E-state index in [1.54, 1.807) is 41.5 Å². The van der Waals surface area contributed by atoms with Gasteiger partial charge in [-0.2, -0.15) is 0 Å². The van der Waals surface area contributed by atoms with Crippen molar-refractivity contribution >= 4 is 142 Å². The number of carbonyl (C=O) groups excluding carboxylic acids is 18. The third-order valence-electron chi connectivity index (χ3n) is 22.8. The van der Waals surface area contributed by atoms with Crippen LogP contribution in [0.25, 0.3) is 0 Å². The number of nitrogens with two attached hydrogens (primary N) is 4. The first kappa shape index (κ1) is 124. The van der Waals surface area contributed by atoms with Crippen LogP contribution in [0.2, 0.25) is 0 Å². The van der Waals surface area contributed by atoms with Crippen molar-refractivity contribution in [2.45, 2.75) is 332 Å². The van der Waals surface area contributed by atoms with Crippen LogP contribution in [0.5, 0.6) is 0 Å². The molecule has 1 fully saturated rings. The number of hydrogen-bond donors (Lipinski definition) is 29. The normalized spacial score (nSPS) is 16.8. The molecule has 1 heterocycles. The summed E-state index contributed by atoms with van der Waals surface area (Å²) in [6.45, 7) is 14.1. The number of amides is 18. The van der Waals surface area contributed by atoms with Gasteiger partial charge in [-0.15, -0.1) is 0 Å². The molecule has 33 N–H and O–H groups in total. The lowest BCUT2D eigenvalue weighted by molar-refractivity contribution is -0.145. The van der Waals surface area contributed by atoms with Crippen molar-refractivity contribution in [2.75, 3.05) is 39.3 Å². The Bertz CT molecular complexity index is 4220. The first-order valence-corrected chi connectivity index (χ1v) is 46.1. The number of aliphatic hydroxyl groups excluding tert-OH is 2. The predicted molar refractivity (Wildman–Crippen MR) is 488 cm³/mol. The molecule has 0 aromatic heterocycles. The number of aliphatic carboxylic acids is 6. The summed E-state index contributed by atoms with van der Waals surface area (Å²) in [4.78, 5) is 320. The molecule has 54 nitrogen and oxygen atoms in total. The van der Waals surface area contributed by atoms with Gasteiger partial charge in [0.25, 0.3) is 0 Å². The third kappa shape index (κ3) is 45.9. The van der Waals surface area contributed by atoms with Crippen LogP contribution in [0.3, 0.4) is 0 Å². The average Bonchev–Trinajstić information content (AvgIpc) is 1.72. The fourth-order valence-corrected chi connectivity index (χ4v) is 13.8. The molecule has 0 aliphatic carbocycles. The minimum atomic E-state index is -2.02. The summed E-state index contributed by atoms with van der Waals surface area (Å²) in [6.07, 6.45) is -7.57. The molecule has 0 bridgehead atoms. The van der Waals surface area contributed by atoms with Gasteiger partial charge in [0.15, 0.2) is 0 Å². The minimum Gasteiger partial charge on any atom is -0.481 e. The van der Waals surface area contributed by atoms with Gasteiger partial charge in [0.05, 0.1) is 44.2 Å². The first-order chi connectivity index (χ1) is 65.1. The van der Waals surface area contributed by atoms with Crippen molar-refractivity contribution in [1.82, 2.24) is 95.3 Å². The van der Waals surface area contributed by atoms with Crippen molar-refractivity contribution in [3.8, 4) is 0 Å². The van der Waals surface area contributed by atoms with E-state index in [0.717, 1.165) is 39.5 Å². The van der Waals surface area contributed by atoms with Crippen molar-refractivity contribution in [2.24, 2.45) is 40.7 Å². The van der Waals surface area contributed by atoms with E-state index in [2.05, 4.69) is 90.4 Å². The summed E-state index contributed by atoms with van der Waals surface area (Å²) in [5.41, 5.74) is 22.4. The number of carboxylic acids is 6. The largest absolute Gasteiger partial charge is 0.481 e. The van der Waals surface area contributed by atoms with Gasteiger partial charge in [-0.25, -0.2) is 4.79 Å². The highest BCUT2D eigenvalue weighted by Gasteiger charge is 2.45. The van der Waals surface area contributed by atoms with E-state index in [1.165, 1.54) is 0 Å². The summed E-state index contributed by atoms with van der Waals surface area (Å²) in [5, 5.41) is 119. The Labute approximate surface area is 802 Å². The SMILES string of the molecule is CC[C@H](C)[C@H](NC(=O)CNC(=O)CNC(=O)[C@H](C)NC(=O)[C@@H](NC(=O)[C@H](CCCCN)NC(=O)[C@H](CCC(=O)O)NC(=O)[C@H](CCC(=O)O)NC(=O)[C@H](C)NC(=O)[C@@H](N)CC(=O)O)[C@@H](C)O)C(=O)N[C@H](C(=O)N[C@H](C(=O)N1CCC[C@H]1C(=O)N[C@@H](CC(=O)O)C(=O)N[C@H](C(=O)N[C@@H](C)C(=O)N[C@@H](CCCCN)C(=O)N[C@@H](CCC(=O)O)C(=O)N[C@@H](CCCCN)C(=O)O)[C@@H](C)O)[C@@H](C)CC)[C@@H](C)CC. The van der Waals surface area contributed by atoms with Gasteiger partial charge in [0.2, 0.25) is 106 Å². The lowest BCUT2D eigenvalue weighted by Gasteiger charge is -2.34. The van der Waals surface area contributed by atoms with Crippen LogP contribution in [-0.2, 0) is 115 Å². The van der Waals surface area contributed by atoms with Gasteiger partial charge in [0.1, 0.15) is 96.7 Å². The third-order valence-corrected chi connectivity index (χ3v) is 22.8. The molecule has 0 radical (unpaired) electrons. The molecule has 22 atom stereocenters. The number of rotatable bonds is 69. The zero-order chi connectivity index (χ0) is 106. The maximum atomic E-state index is 14.9. The molecule has 54 heteroatoms. The number of hydrogen-bond acceptors (Lipinski definition) is 30. The predicted octanol–water partition coefficient (Wildman–Crippen LogP) is -9.22. The highest BCUT2D eigenvalue weighted by atomic mass is 16.4. The highest BCUT2D eigenvalue weighted by Crippen LogP contribution is 2.24. The van der Waals surface area contributed by atoms with E-state index in [9.17, 15) is 151 Å². The quantitative estimate of drug-likeness (QED) is 0.0251. The monoisotopic (exact) mass is 1990 g/mol. The molecule has 786 valence electrons. The Hall–Kier alpha value is -13.0. The molecular formula is C85H144N22O32. The van der Waals surface area contributed by atoms with Crippen LogP contribution in [0.4, 0.5) is 0 Å². The zero-order valence-electron chi connectivity index (χ0n) is 80.1. The minimum absolute atomic E-state index is 0.0554. The molecule has 1 saturated heterocycles. The average molecular weight is 1990 g/mol. The van der Waals surface area contributed by atoms with E-state index in [-0.39, 0.29) is 96.8 Å². The lowest BCUT2D eigenvalue weighted by Crippen LogP contribution is -2.62. The standard InChI is InChI=1S/C85H144N22O32/c1-12-40(4)64(102-58(111)39-90-57(110)38-91-69(122)43(7)93-82(135)67(46(10)108)105-77(130)50(23-16-19-33-87)97-75(128)52(27-30-60(114)115)99-74(127)51(26-29-59(112)113)96-70(123)44(8)92-72(125)48(89)36-62(118)119)80(133)103-65(41(5)13-2)81(134)104-66(42(6)14-3)84(137)107-35-21-25-56(107)79(132)101-55(37-63(120)121)78(131)106-68(47(11)109)83(136)94-45(9)71(124)95-49(22-15-18-32-86)73(126)98-53(28-31-61(116)117)76(129)100-54(85(138)139)24-17-20-34-88/h40-56,64-68,108-109H,12-39,86-89H2,1-11H3,(H,90,110)(H,91,122)(H,92,125)(H,93,135)(H,94,136)(H,95,124)(H,96,123)(H,97,128)(H,98,126)(H,99,127)(H,100,129)(H,101,132)(H,102,111)(H,103,133)(H,104,134)(H,105,130)(H,106,131)(H,112,113)(H,114,115)(H,116,117)(H,118,119)(H,120,121)(H,138,139)/t40-,41-,42-,43-,44-,45-,46+,47+,48-,49-,50-,51-,52-,53-,54-,55-,56-,64-,65-,66-,67-,68-/m0/s1. The summed E-state index contributed by atoms with van der Waals surface area (Å²) in [7, 11) is 0. The Morgan fingerprint density at radius 1 is 0.317 bits per heavy atom. The molecular weight excluding hydrogens is 1840 g/mol. The Morgan fingerprint density at radius 2 is 0.633 bits per heavy atom. The molecule has 139 heavy (non-hydrogen) atoms. The topological polar surface area (TPSA) is 883 Å². The molecule has 0 unspecified atom stereocenters. The first-order valence-electron chi connectivity index (χ1n) is 46.1. The molecule has 0 spiro atoms. The van der Waals surface area contributed by atoms with Crippen molar-refractivity contribution in [1.29, 1.82) is 0 Å². The number of carboxylic acid groups (broad SMARTS) is 6.